The Kier molecular flexibility index (Phi) is 5.29. The summed E-state index contributed by atoms with van der Waals surface area (Å²) in [5, 5.41) is 0. The second-order valence-electron chi connectivity index (χ2n) is 3.56. The molecule has 1 rings (SSSR count). The third-order valence-corrected chi connectivity index (χ3v) is 2.73. The Labute approximate surface area is 109 Å². The Hall–Kier alpha value is -1.10. The molecule has 1 radical (unpaired) electrons. The summed E-state index contributed by atoms with van der Waals surface area (Å²) in [6.45, 7) is 1.87. The molecule has 0 fully saturated rings. The fourth-order valence-corrected chi connectivity index (χ4v) is 1.69. The van der Waals surface area contributed by atoms with Gasteiger partial charge >= 0.3 is 0 Å². The number of carbonyl (C=O) groups is 1. The van der Waals surface area contributed by atoms with E-state index in [1.54, 1.807) is 13.2 Å². The largest absolute Gasteiger partial charge is 0.493 e. The van der Waals surface area contributed by atoms with Gasteiger partial charge in [-0.2, -0.15) is 0 Å². The Balaban J connectivity index is 2.68. The van der Waals surface area contributed by atoms with E-state index in [9.17, 15) is 4.79 Å². The molecule has 0 N–H and O–H groups in total. The first-order valence-corrected chi connectivity index (χ1v) is 6.23. The highest BCUT2D eigenvalue weighted by molar-refractivity contribution is 8.16. The molecule has 0 saturated heterocycles. The van der Waals surface area contributed by atoms with Gasteiger partial charge < -0.3 is 8.92 Å². The van der Waals surface area contributed by atoms with Crippen molar-refractivity contribution in [3.05, 3.63) is 23.8 Å². The second-order valence-corrected chi connectivity index (χ2v) is 3.92. The number of aryl methyl sites for hydroxylation is 1. The van der Waals surface area contributed by atoms with Crippen LogP contribution in [0.2, 0.25) is 0 Å². The first kappa shape index (κ1) is 12.4. The Morgan fingerprint density at radius 3 is 3.00 bits per heavy atom. The fourth-order valence-electron chi connectivity index (χ4n) is 1.45. The molecule has 0 atom stereocenters. The normalized spacial score (nSPS) is 10.6. The number of rotatable bonds is 8. The number of hydrogen-bond acceptors (Lipinski definition) is 4. The van der Waals surface area contributed by atoms with Crippen molar-refractivity contribution >= 4 is 24.8 Å². The van der Waals surface area contributed by atoms with Crippen LogP contribution in [0.3, 0.4) is 0 Å². The van der Waals surface area contributed by atoms with Crippen LogP contribution in [0.5, 0.6) is 11.5 Å². The standard InChI is InChI=1S/C12H16BO3S/c1-3-10(14)6-4-9-5-7-11(16-17-13)12(8-9)15-2/h5,7-8,13H,3-4,6H2,1-2H3/i13T. The number of ether oxygens (including phenoxy) is 1. The maximum absolute atomic E-state index is 11.3. The van der Waals surface area contributed by atoms with Crippen molar-refractivity contribution in [2.45, 2.75) is 26.2 Å². The van der Waals surface area contributed by atoms with E-state index in [0.29, 0.717) is 30.8 Å². The van der Waals surface area contributed by atoms with Gasteiger partial charge in [0.2, 0.25) is 7.09 Å². The summed E-state index contributed by atoms with van der Waals surface area (Å²) < 4.78 is 17.4. The summed E-state index contributed by atoms with van der Waals surface area (Å²) in [6, 6.07) is 5.56. The molecule has 3 nitrogen and oxygen atoms in total. The number of ketones is 1. The number of carbonyl (C=O) groups excluding carboxylic acids is 1. The predicted octanol–water partition coefficient (Wildman–Crippen LogP) is 2.45. The summed E-state index contributed by atoms with van der Waals surface area (Å²) in [7, 11) is 2.67. The first-order valence-electron chi connectivity index (χ1n) is 6.01. The summed E-state index contributed by atoms with van der Waals surface area (Å²) in [5.74, 6) is 1.45. The van der Waals surface area contributed by atoms with Crippen LogP contribution in [0.25, 0.3) is 0 Å². The van der Waals surface area contributed by atoms with E-state index < -0.39 is 0 Å². The number of Topliss-reactive ketones (excluding diaryl/α,β-unsaturated/α-hetero) is 1. The van der Waals surface area contributed by atoms with E-state index >= 15 is 0 Å². The third-order valence-electron chi connectivity index (χ3n) is 2.45. The van der Waals surface area contributed by atoms with Crippen LogP contribution in [0.15, 0.2) is 18.2 Å². The number of benzene rings is 1. The lowest BCUT2D eigenvalue weighted by atomic mass is 10.1. The van der Waals surface area contributed by atoms with E-state index in [0.717, 1.165) is 24.5 Å². The van der Waals surface area contributed by atoms with Gasteiger partial charge in [0.1, 0.15) is 5.78 Å². The van der Waals surface area contributed by atoms with Crippen molar-refractivity contribution in [2.24, 2.45) is 0 Å². The van der Waals surface area contributed by atoms with E-state index in [1.165, 1.54) is 0 Å². The maximum atomic E-state index is 11.3. The van der Waals surface area contributed by atoms with Crippen molar-refractivity contribution < 1.29 is 13.7 Å². The molecule has 1 aromatic rings. The monoisotopic (exact) mass is 253 g/mol. The highest BCUT2D eigenvalue weighted by atomic mass is 32.2. The second kappa shape index (κ2) is 7.27. The molecule has 1 aromatic carbocycles. The van der Waals surface area contributed by atoms with Gasteiger partial charge in [0.05, 0.1) is 7.11 Å². The topological polar surface area (TPSA) is 35.5 Å². The third kappa shape index (κ3) is 4.34. The zero-order chi connectivity index (χ0) is 13.4. The minimum Gasteiger partial charge on any atom is -0.493 e. The molecule has 0 aliphatic rings. The van der Waals surface area contributed by atoms with Crippen LogP contribution in [0.4, 0.5) is 0 Å². The van der Waals surface area contributed by atoms with Crippen molar-refractivity contribution in [2.75, 3.05) is 7.11 Å². The van der Waals surface area contributed by atoms with Gasteiger partial charge in [-0.15, -0.1) is 0 Å². The SMILES string of the molecule is [3H][B]SOc1ccc(CCC(=O)CC)cc1OC. The van der Waals surface area contributed by atoms with E-state index in [4.69, 9.17) is 10.3 Å². The van der Waals surface area contributed by atoms with Gasteiger partial charge in [-0.05, 0) is 37.3 Å². The Morgan fingerprint density at radius 2 is 2.35 bits per heavy atom. The van der Waals surface area contributed by atoms with Gasteiger partial charge in [-0.25, -0.2) is 0 Å². The molecular formula is C12H16BO3S. The summed E-state index contributed by atoms with van der Waals surface area (Å²) >= 11 is 0.926. The Bertz CT molecular complexity index is 401. The Morgan fingerprint density at radius 1 is 1.53 bits per heavy atom. The van der Waals surface area contributed by atoms with Gasteiger partial charge in [-0.1, -0.05) is 13.0 Å². The zero-order valence-corrected chi connectivity index (χ0v) is 10.9. The summed E-state index contributed by atoms with van der Waals surface area (Å²) in [4.78, 5) is 11.3. The van der Waals surface area contributed by atoms with Gasteiger partial charge in [0.25, 0.3) is 0 Å². The smallest absolute Gasteiger partial charge is 0.227 e. The van der Waals surface area contributed by atoms with Crippen molar-refractivity contribution in [3.8, 4) is 11.5 Å². The molecule has 0 saturated carbocycles. The van der Waals surface area contributed by atoms with Crippen LogP contribution in [0.1, 0.15) is 25.3 Å². The molecular weight excluding hydrogens is 235 g/mol. The van der Waals surface area contributed by atoms with Crippen molar-refractivity contribution in [3.63, 3.8) is 0 Å². The summed E-state index contributed by atoms with van der Waals surface area (Å²) in [6.07, 6.45) is 1.84. The zero-order valence-electron chi connectivity index (χ0n) is 11.1. The molecule has 0 aromatic heterocycles. The molecule has 5 heteroatoms. The molecule has 0 bridgehead atoms. The average Bonchev–Trinajstić information content (AvgIpc) is 2.42. The number of methoxy groups -OCH3 is 1. The minimum atomic E-state index is 0.258. The van der Waals surface area contributed by atoms with Gasteiger partial charge in [0.15, 0.2) is 11.5 Å². The molecule has 0 heterocycles. The predicted molar refractivity (Wildman–Crippen MR) is 72.0 cm³/mol. The van der Waals surface area contributed by atoms with Crippen molar-refractivity contribution in [1.82, 2.24) is 0 Å². The molecule has 0 unspecified atom stereocenters. The number of hydrogen-bond donors (Lipinski definition) is 0. The van der Waals surface area contributed by atoms with Crippen molar-refractivity contribution in [1.29, 1.82) is 1.34 Å². The van der Waals surface area contributed by atoms with Crippen LogP contribution >= 0.6 is 11.9 Å². The quantitative estimate of drug-likeness (QED) is 0.526. The molecule has 0 aliphatic carbocycles. The van der Waals surface area contributed by atoms with E-state index in [-0.39, 0.29) is 5.78 Å². The molecule has 91 valence electrons. The highest BCUT2D eigenvalue weighted by Crippen LogP contribution is 2.30. The van der Waals surface area contributed by atoms with Crippen LogP contribution < -0.4 is 8.92 Å². The molecule has 0 amide bonds. The minimum absolute atomic E-state index is 0.258. The lowest BCUT2D eigenvalue weighted by molar-refractivity contribution is -0.118. The highest BCUT2D eigenvalue weighted by Gasteiger charge is 2.07. The van der Waals surface area contributed by atoms with Gasteiger partial charge in [0, 0.05) is 12.8 Å². The van der Waals surface area contributed by atoms with E-state index in [2.05, 4.69) is 0 Å². The molecule has 0 aliphatic heterocycles. The summed E-state index contributed by atoms with van der Waals surface area (Å²) in [5.41, 5.74) is 1.04. The van der Waals surface area contributed by atoms with Crippen LogP contribution in [-0.2, 0) is 11.2 Å². The van der Waals surface area contributed by atoms with Crippen LogP contribution in [0, 0.1) is 0 Å². The van der Waals surface area contributed by atoms with Gasteiger partial charge in [-0.3, -0.25) is 4.79 Å². The lowest BCUT2D eigenvalue weighted by Gasteiger charge is -2.09. The van der Waals surface area contributed by atoms with Crippen LogP contribution in [-0.4, -0.2) is 21.3 Å². The lowest BCUT2D eigenvalue weighted by Crippen LogP contribution is -1.98. The first-order chi connectivity index (χ1) is 8.71. The van der Waals surface area contributed by atoms with E-state index in [1.807, 2.05) is 19.1 Å². The molecule has 0 spiro atoms. The molecule has 17 heavy (non-hydrogen) atoms. The average molecular weight is 253 g/mol. The fraction of sp³-hybridized carbons (Fsp3) is 0.417. The maximum Gasteiger partial charge on any atom is 0.227 e.